The van der Waals surface area contributed by atoms with Crippen LogP contribution in [-0.4, -0.2) is 70.3 Å². The minimum atomic E-state index is -1.80. The summed E-state index contributed by atoms with van der Waals surface area (Å²) in [6, 6.07) is 9.41. The topological polar surface area (TPSA) is 96.9 Å². The number of aromatic nitrogens is 2. The Bertz CT molecular complexity index is 970. The molecule has 2 aliphatic heterocycles. The number of piperidine rings is 2. The van der Waals surface area contributed by atoms with Crippen LogP contribution in [-0.2, 0) is 16.2 Å². The Morgan fingerprint density at radius 2 is 1.94 bits per heavy atom. The van der Waals surface area contributed by atoms with Crippen molar-refractivity contribution in [3.63, 3.8) is 0 Å². The molecule has 0 unspecified atom stereocenters. The number of hydrogen-bond donors (Lipinski definition) is 1. The van der Waals surface area contributed by atoms with Gasteiger partial charge >= 0.3 is 0 Å². The molecule has 0 bridgehead atoms. The van der Waals surface area contributed by atoms with Crippen LogP contribution >= 0.6 is 0 Å². The van der Waals surface area contributed by atoms with Crippen LogP contribution in [0.3, 0.4) is 0 Å². The smallest absolute Gasteiger partial charge is 0.260 e. The number of likely N-dealkylation sites (tertiary alicyclic amines) is 2. The van der Waals surface area contributed by atoms with E-state index in [0.29, 0.717) is 51.4 Å². The highest BCUT2D eigenvalue weighted by molar-refractivity contribution is 6.00. The van der Waals surface area contributed by atoms with Crippen molar-refractivity contribution in [2.24, 2.45) is 11.1 Å². The zero-order valence-electron chi connectivity index (χ0n) is 19.0. The number of alkyl halides is 1. The van der Waals surface area contributed by atoms with E-state index in [1.54, 1.807) is 17.3 Å². The van der Waals surface area contributed by atoms with E-state index in [9.17, 15) is 4.79 Å². The number of carbonyl (C=O) groups excluding carboxylic acids is 1. The highest BCUT2D eigenvalue weighted by atomic mass is 19.1. The van der Waals surface area contributed by atoms with E-state index in [2.05, 4.69) is 20.0 Å². The quantitative estimate of drug-likeness (QED) is 0.532. The van der Waals surface area contributed by atoms with Crippen molar-refractivity contribution in [2.75, 3.05) is 39.0 Å². The molecule has 4 rings (SSSR count). The number of hydrogen-bond acceptors (Lipinski definition) is 7. The molecule has 2 aromatic rings. The summed E-state index contributed by atoms with van der Waals surface area (Å²) >= 11 is 0. The Kier molecular flexibility index (Phi) is 7.17. The van der Waals surface area contributed by atoms with E-state index in [0.717, 1.165) is 17.0 Å². The van der Waals surface area contributed by atoms with Crippen LogP contribution in [0.15, 0.2) is 47.9 Å². The summed E-state index contributed by atoms with van der Waals surface area (Å²) in [6.45, 7) is 2.75. The predicted octanol–water partition coefficient (Wildman–Crippen LogP) is 2.65. The van der Waals surface area contributed by atoms with Gasteiger partial charge in [-0.2, -0.15) is 0 Å². The van der Waals surface area contributed by atoms with Gasteiger partial charge in [0, 0.05) is 63.9 Å². The van der Waals surface area contributed by atoms with E-state index in [4.69, 9.17) is 10.6 Å². The minimum Gasteiger partial charge on any atom is -0.399 e. The van der Waals surface area contributed by atoms with Gasteiger partial charge in [-0.15, -0.1) is 0 Å². The van der Waals surface area contributed by atoms with Gasteiger partial charge in [0.2, 0.25) is 0 Å². The van der Waals surface area contributed by atoms with Gasteiger partial charge < -0.3 is 15.5 Å². The van der Waals surface area contributed by atoms with Crippen molar-refractivity contribution in [1.82, 2.24) is 19.8 Å². The Hall–Kier alpha value is -3.07. The summed E-state index contributed by atoms with van der Waals surface area (Å²) < 4.78 is 15.7. The van der Waals surface area contributed by atoms with Gasteiger partial charge in [-0.25, -0.2) is 9.37 Å². The third-order valence-electron chi connectivity index (χ3n) is 6.57. The molecule has 0 saturated carbocycles. The molecule has 0 atom stereocenters. The predicted molar refractivity (Wildman–Crippen MR) is 124 cm³/mol. The van der Waals surface area contributed by atoms with E-state index in [1.807, 2.05) is 30.3 Å². The number of oxime groups is 1. The average molecular weight is 455 g/mol. The van der Waals surface area contributed by atoms with Crippen molar-refractivity contribution in [2.45, 2.75) is 37.9 Å². The maximum absolute atomic E-state index is 15.7. The first-order valence-electron chi connectivity index (χ1n) is 11.4. The highest BCUT2D eigenvalue weighted by Gasteiger charge is 2.45. The minimum absolute atomic E-state index is 0.120. The first-order chi connectivity index (χ1) is 16.0. The van der Waals surface area contributed by atoms with Crippen LogP contribution < -0.4 is 5.73 Å². The van der Waals surface area contributed by atoms with Gasteiger partial charge in [0.1, 0.15) is 18.6 Å². The number of pyridine rings is 2. The summed E-state index contributed by atoms with van der Waals surface area (Å²) in [5.74, 6) is 0.218. The standard InChI is InChI=1S/C24H31FN6O2/c1-33-29-22(20-4-2-3-10-27-20)19-6-12-31(13-7-19)23(32)24(25)8-14-30(15-9-24)17-18-5-11-28-21(26)16-18/h2-5,10-11,16,19H,6-9,12-15,17H2,1H3,(H2,26,28)/b29-22+. The first kappa shape index (κ1) is 23.1. The molecule has 9 heteroatoms. The molecule has 2 N–H and O–H groups in total. The summed E-state index contributed by atoms with van der Waals surface area (Å²) in [6.07, 6.45) is 5.22. The van der Waals surface area contributed by atoms with Crippen molar-refractivity contribution in [3.8, 4) is 0 Å². The number of nitrogens with two attached hydrogens (primary N) is 1. The zero-order chi connectivity index (χ0) is 23.3. The number of carbonyl (C=O) groups is 1. The van der Waals surface area contributed by atoms with Crippen LogP contribution in [0.25, 0.3) is 0 Å². The second-order valence-corrected chi connectivity index (χ2v) is 8.77. The van der Waals surface area contributed by atoms with Crippen molar-refractivity contribution in [3.05, 3.63) is 54.0 Å². The molecule has 176 valence electrons. The molecule has 1 amide bonds. The van der Waals surface area contributed by atoms with Crippen molar-refractivity contribution < 1.29 is 14.0 Å². The average Bonchev–Trinajstić information content (AvgIpc) is 2.84. The Morgan fingerprint density at radius 3 is 2.58 bits per heavy atom. The SMILES string of the molecule is CO/N=C(/c1ccccn1)C1CCN(C(=O)C2(F)CCN(Cc3ccnc(N)c3)CC2)CC1. The summed E-state index contributed by atoms with van der Waals surface area (Å²) in [5.41, 5.74) is 6.55. The molecular formula is C24H31FN6O2. The molecule has 33 heavy (non-hydrogen) atoms. The fourth-order valence-electron chi connectivity index (χ4n) is 4.71. The first-order valence-corrected chi connectivity index (χ1v) is 11.4. The highest BCUT2D eigenvalue weighted by Crippen LogP contribution is 2.32. The fraction of sp³-hybridized carbons (Fsp3) is 0.500. The van der Waals surface area contributed by atoms with Crippen LogP contribution in [0.2, 0.25) is 0 Å². The van der Waals surface area contributed by atoms with Crippen LogP contribution in [0.5, 0.6) is 0 Å². The van der Waals surface area contributed by atoms with Gasteiger partial charge in [-0.3, -0.25) is 14.7 Å². The van der Waals surface area contributed by atoms with E-state index in [-0.39, 0.29) is 24.7 Å². The Balaban J connectivity index is 1.31. The van der Waals surface area contributed by atoms with Gasteiger partial charge in [0.15, 0.2) is 5.67 Å². The Morgan fingerprint density at radius 1 is 1.18 bits per heavy atom. The largest absolute Gasteiger partial charge is 0.399 e. The number of halogens is 1. The maximum atomic E-state index is 15.7. The number of rotatable bonds is 6. The molecular weight excluding hydrogens is 423 g/mol. The van der Waals surface area contributed by atoms with Crippen molar-refractivity contribution in [1.29, 1.82) is 0 Å². The molecule has 0 radical (unpaired) electrons. The molecule has 2 aliphatic rings. The van der Waals surface area contributed by atoms with Gasteiger partial charge in [-0.05, 0) is 42.7 Å². The van der Waals surface area contributed by atoms with E-state index < -0.39 is 5.67 Å². The zero-order valence-corrected chi connectivity index (χ0v) is 19.0. The number of anilines is 1. The third kappa shape index (κ3) is 5.47. The second kappa shape index (κ2) is 10.2. The lowest BCUT2D eigenvalue weighted by Gasteiger charge is -2.40. The fourth-order valence-corrected chi connectivity index (χ4v) is 4.71. The monoisotopic (exact) mass is 454 g/mol. The molecule has 8 nitrogen and oxygen atoms in total. The van der Waals surface area contributed by atoms with Crippen LogP contribution in [0, 0.1) is 5.92 Å². The molecule has 2 fully saturated rings. The normalized spacial score (nSPS) is 19.9. The van der Waals surface area contributed by atoms with Crippen LogP contribution in [0.1, 0.15) is 36.9 Å². The summed E-state index contributed by atoms with van der Waals surface area (Å²) in [5, 5.41) is 4.20. The molecule has 2 saturated heterocycles. The summed E-state index contributed by atoms with van der Waals surface area (Å²) in [7, 11) is 1.52. The van der Waals surface area contributed by atoms with E-state index in [1.165, 1.54) is 7.11 Å². The van der Waals surface area contributed by atoms with Crippen molar-refractivity contribution >= 4 is 17.4 Å². The number of nitrogen functional groups attached to an aromatic ring is 1. The molecule has 0 spiro atoms. The lowest BCUT2D eigenvalue weighted by molar-refractivity contribution is -0.148. The van der Waals surface area contributed by atoms with Gasteiger partial charge in [-0.1, -0.05) is 11.2 Å². The summed E-state index contributed by atoms with van der Waals surface area (Å²) in [4.78, 5) is 30.4. The third-order valence-corrected chi connectivity index (χ3v) is 6.57. The lowest BCUT2D eigenvalue weighted by atomic mass is 9.87. The molecule has 4 heterocycles. The Labute approximate surface area is 193 Å². The molecule has 0 aliphatic carbocycles. The van der Waals surface area contributed by atoms with Gasteiger partial charge in [0.25, 0.3) is 5.91 Å². The lowest BCUT2D eigenvalue weighted by Crippen LogP contribution is -2.54. The number of amides is 1. The number of nitrogens with zero attached hydrogens (tertiary/aromatic N) is 5. The van der Waals surface area contributed by atoms with E-state index >= 15 is 4.39 Å². The second-order valence-electron chi connectivity index (χ2n) is 8.77. The van der Waals surface area contributed by atoms with Gasteiger partial charge in [0.05, 0.1) is 5.69 Å². The van der Waals surface area contributed by atoms with Crippen LogP contribution in [0.4, 0.5) is 10.2 Å². The molecule has 2 aromatic heterocycles. The molecule has 0 aromatic carbocycles. The maximum Gasteiger partial charge on any atom is 0.260 e.